The van der Waals surface area contributed by atoms with Crippen molar-refractivity contribution in [2.24, 2.45) is 0 Å². The predicted octanol–water partition coefficient (Wildman–Crippen LogP) is 2.87. The second-order valence-corrected chi connectivity index (χ2v) is 4.14. The smallest absolute Gasteiger partial charge is 0.295 e. The standard InChI is InChI=1S/C11H10N2O3S/c1-16-11-7-4-3-5-8(13(14)15)10(7)12-6-9(11)17-2/h3-6H,1-2H3. The molecule has 0 atom stereocenters. The maximum Gasteiger partial charge on any atom is 0.295 e. The number of fused-ring (bicyclic) bond motifs is 1. The molecule has 1 aromatic heterocycles. The zero-order chi connectivity index (χ0) is 12.4. The molecule has 0 spiro atoms. The Morgan fingerprint density at radius 3 is 2.82 bits per heavy atom. The molecule has 0 fully saturated rings. The molecule has 0 saturated heterocycles. The molecule has 0 aliphatic carbocycles. The third kappa shape index (κ3) is 1.91. The maximum atomic E-state index is 10.9. The van der Waals surface area contributed by atoms with Gasteiger partial charge in [-0.15, -0.1) is 11.8 Å². The van der Waals surface area contributed by atoms with Crippen LogP contribution in [0.25, 0.3) is 10.9 Å². The molecule has 0 unspecified atom stereocenters. The number of pyridine rings is 1. The van der Waals surface area contributed by atoms with Gasteiger partial charge in [-0.25, -0.2) is 4.98 Å². The van der Waals surface area contributed by atoms with Gasteiger partial charge >= 0.3 is 0 Å². The van der Waals surface area contributed by atoms with E-state index in [1.165, 1.54) is 17.8 Å². The number of rotatable bonds is 3. The van der Waals surface area contributed by atoms with Crippen LogP contribution < -0.4 is 4.74 Å². The molecule has 0 bridgehead atoms. The van der Waals surface area contributed by atoms with E-state index in [9.17, 15) is 10.1 Å². The monoisotopic (exact) mass is 250 g/mol. The van der Waals surface area contributed by atoms with Crippen molar-refractivity contribution in [3.8, 4) is 5.75 Å². The topological polar surface area (TPSA) is 65.3 Å². The summed E-state index contributed by atoms with van der Waals surface area (Å²) in [6.45, 7) is 0. The maximum absolute atomic E-state index is 10.9. The van der Waals surface area contributed by atoms with Crippen LogP contribution in [0.1, 0.15) is 0 Å². The van der Waals surface area contributed by atoms with Gasteiger partial charge in [0.1, 0.15) is 5.75 Å². The number of thioether (sulfide) groups is 1. The van der Waals surface area contributed by atoms with Crippen molar-refractivity contribution in [3.05, 3.63) is 34.5 Å². The van der Waals surface area contributed by atoms with Gasteiger partial charge in [0.2, 0.25) is 0 Å². The SMILES string of the molecule is COc1c(SC)cnc2c([N+](=O)[O-])cccc12. The molecule has 1 aromatic carbocycles. The summed E-state index contributed by atoms with van der Waals surface area (Å²) in [7, 11) is 1.55. The Bertz CT molecular complexity index is 586. The van der Waals surface area contributed by atoms with Crippen LogP contribution in [-0.2, 0) is 0 Å². The van der Waals surface area contributed by atoms with Crippen LogP contribution >= 0.6 is 11.8 Å². The summed E-state index contributed by atoms with van der Waals surface area (Å²) in [5.74, 6) is 0.631. The van der Waals surface area contributed by atoms with Gasteiger partial charge in [0.25, 0.3) is 5.69 Å². The number of para-hydroxylation sites is 1. The number of nitrogens with zero attached hydrogens (tertiary/aromatic N) is 2. The average Bonchev–Trinajstić information content (AvgIpc) is 2.36. The van der Waals surface area contributed by atoms with Gasteiger partial charge in [-0.1, -0.05) is 6.07 Å². The Morgan fingerprint density at radius 2 is 2.24 bits per heavy atom. The fraction of sp³-hybridized carbons (Fsp3) is 0.182. The summed E-state index contributed by atoms with van der Waals surface area (Å²) in [4.78, 5) is 15.5. The summed E-state index contributed by atoms with van der Waals surface area (Å²) >= 11 is 1.49. The number of nitro benzene ring substituents is 1. The van der Waals surface area contributed by atoms with Gasteiger partial charge < -0.3 is 4.74 Å². The highest BCUT2D eigenvalue weighted by Crippen LogP contribution is 2.36. The molecule has 17 heavy (non-hydrogen) atoms. The van der Waals surface area contributed by atoms with E-state index in [0.29, 0.717) is 16.7 Å². The molecule has 0 aliphatic rings. The van der Waals surface area contributed by atoms with Crippen LogP contribution in [0.5, 0.6) is 5.75 Å². The largest absolute Gasteiger partial charge is 0.495 e. The first kappa shape index (κ1) is 11.7. The highest BCUT2D eigenvalue weighted by Gasteiger charge is 2.17. The summed E-state index contributed by atoms with van der Waals surface area (Å²) < 4.78 is 5.30. The van der Waals surface area contributed by atoms with Crippen LogP contribution in [0, 0.1) is 10.1 Å². The average molecular weight is 250 g/mol. The molecule has 88 valence electrons. The van der Waals surface area contributed by atoms with Crippen LogP contribution in [0.15, 0.2) is 29.3 Å². The van der Waals surface area contributed by atoms with Gasteiger partial charge in [-0.05, 0) is 12.3 Å². The third-order valence-electron chi connectivity index (χ3n) is 2.41. The molecule has 0 radical (unpaired) electrons. The minimum atomic E-state index is -0.437. The highest BCUT2D eigenvalue weighted by atomic mass is 32.2. The quantitative estimate of drug-likeness (QED) is 0.476. The lowest BCUT2D eigenvalue weighted by molar-refractivity contribution is -0.383. The molecule has 2 aromatic rings. The minimum absolute atomic E-state index is 0.00606. The number of hydrogen-bond acceptors (Lipinski definition) is 5. The summed E-state index contributed by atoms with van der Waals surface area (Å²) in [5.41, 5.74) is 0.348. The van der Waals surface area contributed by atoms with Crippen molar-refractivity contribution in [2.45, 2.75) is 4.90 Å². The second-order valence-electron chi connectivity index (χ2n) is 3.29. The van der Waals surface area contributed by atoms with E-state index in [2.05, 4.69) is 4.98 Å². The van der Waals surface area contributed by atoms with Gasteiger partial charge in [0.05, 0.1) is 22.3 Å². The molecule has 2 rings (SSSR count). The number of ether oxygens (including phenoxy) is 1. The normalized spacial score (nSPS) is 10.5. The third-order valence-corrected chi connectivity index (χ3v) is 3.15. The van der Waals surface area contributed by atoms with Crippen molar-refractivity contribution < 1.29 is 9.66 Å². The number of aromatic nitrogens is 1. The predicted molar refractivity (Wildman–Crippen MR) is 66.7 cm³/mol. The van der Waals surface area contributed by atoms with E-state index < -0.39 is 4.92 Å². The fourth-order valence-electron chi connectivity index (χ4n) is 1.67. The van der Waals surface area contributed by atoms with Crippen molar-refractivity contribution in [3.63, 3.8) is 0 Å². The van der Waals surface area contributed by atoms with Gasteiger partial charge in [0.15, 0.2) is 5.52 Å². The Morgan fingerprint density at radius 1 is 1.47 bits per heavy atom. The molecule has 6 heteroatoms. The number of benzene rings is 1. The van der Waals surface area contributed by atoms with Crippen LogP contribution in [0.4, 0.5) is 5.69 Å². The van der Waals surface area contributed by atoms with Crippen LogP contribution in [0.3, 0.4) is 0 Å². The number of methoxy groups -OCH3 is 1. The molecule has 0 aliphatic heterocycles. The van der Waals surface area contributed by atoms with Gasteiger partial charge in [0, 0.05) is 12.3 Å². The van der Waals surface area contributed by atoms with Crippen LogP contribution in [0.2, 0.25) is 0 Å². The molecule has 0 N–H and O–H groups in total. The van der Waals surface area contributed by atoms with Crippen molar-refractivity contribution >= 4 is 28.4 Å². The Labute approximate surface area is 102 Å². The van der Waals surface area contributed by atoms with E-state index in [-0.39, 0.29) is 5.69 Å². The zero-order valence-corrected chi connectivity index (χ0v) is 10.2. The molecule has 0 saturated carbocycles. The first-order valence-electron chi connectivity index (χ1n) is 4.83. The summed E-state index contributed by atoms with van der Waals surface area (Å²) in [6, 6.07) is 4.84. The Kier molecular flexibility index (Phi) is 3.14. The first-order chi connectivity index (χ1) is 8.19. The van der Waals surface area contributed by atoms with Gasteiger partial charge in [-0.2, -0.15) is 0 Å². The summed E-state index contributed by atoms with van der Waals surface area (Å²) in [5, 5.41) is 11.5. The van der Waals surface area contributed by atoms with E-state index in [1.54, 1.807) is 25.4 Å². The highest BCUT2D eigenvalue weighted by molar-refractivity contribution is 7.98. The van der Waals surface area contributed by atoms with E-state index in [4.69, 9.17) is 4.74 Å². The molecule has 5 nitrogen and oxygen atoms in total. The van der Waals surface area contributed by atoms with Crippen molar-refractivity contribution in [1.29, 1.82) is 0 Å². The van der Waals surface area contributed by atoms with E-state index >= 15 is 0 Å². The van der Waals surface area contributed by atoms with Crippen molar-refractivity contribution in [2.75, 3.05) is 13.4 Å². The van der Waals surface area contributed by atoms with E-state index in [1.807, 2.05) is 6.26 Å². The molecule has 0 amide bonds. The minimum Gasteiger partial charge on any atom is -0.495 e. The molecular formula is C11H10N2O3S. The Balaban J connectivity index is 2.83. The molecule has 1 heterocycles. The lowest BCUT2D eigenvalue weighted by Gasteiger charge is -2.08. The number of nitro groups is 1. The number of non-ortho nitro benzene ring substituents is 1. The van der Waals surface area contributed by atoms with Gasteiger partial charge in [-0.3, -0.25) is 10.1 Å². The van der Waals surface area contributed by atoms with E-state index in [0.717, 1.165) is 4.90 Å². The fourth-order valence-corrected chi connectivity index (χ4v) is 2.20. The lowest BCUT2D eigenvalue weighted by Crippen LogP contribution is -1.95. The van der Waals surface area contributed by atoms with Crippen LogP contribution in [-0.4, -0.2) is 23.3 Å². The first-order valence-corrected chi connectivity index (χ1v) is 6.05. The van der Waals surface area contributed by atoms with Crippen molar-refractivity contribution in [1.82, 2.24) is 4.98 Å². The zero-order valence-electron chi connectivity index (χ0n) is 9.34. The second kappa shape index (κ2) is 4.58. The molecular weight excluding hydrogens is 240 g/mol. The Hall–Kier alpha value is -1.82. The summed E-state index contributed by atoms with van der Waals surface area (Å²) in [6.07, 6.45) is 3.50. The number of hydrogen-bond donors (Lipinski definition) is 0. The lowest BCUT2D eigenvalue weighted by atomic mass is 10.2.